The van der Waals surface area contributed by atoms with Crippen LogP contribution in [0.4, 0.5) is 0 Å². The van der Waals surface area contributed by atoms with Crippen molar-refractivity contribution in [2.75, 3.05) is 13.1 Å². The Morgan fingerprint density at radius 3 is 2.33 bits per heavy atom. The molecule has 2 heteroatoms. The first-order valence-electron chi connectivity index (χ1n) is 6.50. The highest BCUT2D eigenvalue weighted by Crippen LogP contribution is 2.23. The first kappa shape index (κ1) is 13.0. The minimum Gasteiger partial charge on any atom is -0.328 e. The summed E-state index contributed by atoms with van der Waals surface area (Å²) in [5.74, 6) is 0.873. The summed E-state index contributed by atoms with van der Waals surface area (Å²) in [6, 6.07) is 0.480. The van der Waals surface area contributed by atoms with E-state index in [2.05, 4.69) is 26.1 Å². The summed E-state index contributed by atoms with van der Waals surface area (Å²) < 4.78 is 0. The second-order valence-corrected chi connectivity index (χ2v) is 5.93. The van der Waals surface area contributed by atoms with Crippen molar-refractivity contribution in [1.29, 1.82) is 0 Å². The lowest BCUT2D eigenvalue weighted by molar-refractivity contribution is 0.279. The van der Waals surface area contributed by atoms with Gasteiger partial charge in [0.05, 0.1) is 0 Å². The van der Waals surface area contributed by atoms with Gasteiger partial charge in [-0.05, 0) is 50.0 Å². The largest absolute Gasteiger partial charge is 0.328 e. The van der Waals surface area contributed by atoms with Crippen molar-refractivity contribution in [2.45, 2.75) is 58.9 Å². The van der Waals surface area contributed by atoms with Gasteiger partial charge in [0, 0.05) is 12.6 Å². The highest BCUT2D eigenvalue weighted by molar-refractivity contribution is 4.77. The molecule has 0 amide bonds. The van der Waals surface area contributed by atoms with E-state index in [-0.39, 0.29) is 0 Å². The first-order valence-corrected chi connectivity index (χ1v) is 6.50. The molecule has 15 heavy (non-hydrogen) atoms. The number of hydrogen-bond donors (Lipinski definition) is 2. The zero-order valence-electron chi connectivity index (χ0n) is 10.7. The van der Waals surface area contributed by atoms with Gasteiger partial charge in [0.15, 0.2) is 0 Å². The number of nitrogens with one attached hydrogen (secondary N) is 1. The second kappa shape index (κ2) is 5.86. The Morgan fingerprint density at radius 1 is 1.20 bits per heavy atom. The molecule has 90 valence electrons. The van der Waals surface area contributed by atoms with Gasteiger partial charge in [-0.1, -0.05) is 20.8 Å². The Hall–Kier alpha value is -0.0800. The molecule has 1 fully saturated rings. The number of nitrogens with two attached hydrogens (primary N) is 1. The smallest absolute Gasteiger partial charge is 0.00390 e. The van der Waals surface area contributed by atoms with Crippen LogP contribution in [0.3, 0.4) is 0 Å². The Labute approximate surface area is 95.0 Å². The lowest BCUT2D eigenvalue weighted by Crippen LogP contribution is -2.35. The van der Waals surface area contributed by atoms with Gasteiger partial charge in [-0.3, -0.25) is 0 Å². The topological polar surface area (TPSA) is 38.0 Å². The fourth-order valence-corrected chi connectivity index (χ4v) is 2.13. The van der Waals surface area contributed by atoms with Gasteiger partial charge in [-0.2, -0.15) is 0 Å². The monoisotopic (exact) mass is 212 g/mol. The molecule has 0 spiro atoms. The molecule has 1 aliphatic rings. The SMILES string of the molecule is CCC(C)(C)CNCC1CCC(N)CC1. The minimum absolute atomic E-state index is 0.449. The summed E-state index contributed by atoms with van der Waals surface area (Å²) in [7, 11) is 0. The molecule has 0 saturated heterocycles. The van der Waals surface area contributed by atoms with Crippen molar-refractivity contribution in [3.63, 3.8) is 0 Å². The lowest BCUT2D eigenvalue weighted by atomic mass is 9.85. The van der Waals surface area contributed by atoms with E-state index in [0.717, 1.165) is 12.5 Å². The standard InChI is InChI=1S/C13H28N2/c1-4-13(2,3)10-15-9-11-5-7-12(14)8-6-11/h11-12,15H,4-10,14H2,1-3H3. The molecule has 1 saturated carbocycles. The Morgan fingerprint density at radius 2 is 1.80 bits per heavy atom. The Kier molecular flexibility index (Phi) is 5.07. The third-order valence-electron chi connectivity index (χ3n) is 3.89. The normalized spacial score (nSPS) is 28.0. The van der Waals surface area contributed by atoms with Crippen molar-refractivity contribution < 1.29 is 0 Å². The van der Waals surface area contributed by atoms with Crippen molar-refractivity contribution in [2.24, 2.45) is 17.1 Å². The summed E-state index contributed by atoms with van der Waals surface area (Å²) >= 11 is 0. The fraction of sp³-hybridized carbons (Fsp3) is 1.00. The van der Waals surface area contributed by atoms with Crippen LogP contribution < -0.4 is 11.1 Å². The van der Waals surface area contributed by atoms with Crippen LogP contribution in [-0.2, 0) is 0 Å². The first-order chi connectivity index (χ1) is 7.03. The van der Waals surface area contributed by atoms with Crippen LogP contribution in [0.25, 0.3) is 0 Å². The molecule has 0 atom stereocenters. The van der Waals surface area contributed by atoms with E-state index in [1.54, 1.807) is 0 Å². The van der Waals surface area contributed by atoms with E-state index >= 15 is 0 Å². The van der Waals surface area contributed by atoms with Crippen LogP contribution in [-0.4, -0.2) is 19.1 Å². The van der Waals surface area contributed by atoms with Gasteiger partial charge in [-0.25, -0.2) is 0 Å². The third kappa shape index (κ3) is 4.98. The summed E-state index contributed by atoms with van der Waals surface area (Å²) in [5.41, 5.74) is 6.35. The molecule has 1 aliphatic carbocycles. The molecule has 0 aromatic rings. The zero-order valence-corrected chi connectivity index (χ0v) is 10.7. The summed E-state index contributed by atoms with van der Waals surface area (Å²) in [6.07, 6.45) is 6.34. The molecule has 0 aromatic carbocycles. The van der Waals surface area contributed by atoms with E-state index in [1.165, 1.54) is 38.6 Å². The Balaban J connectivity index is 2.10. The molecule has 0 heterocycles. The van der Waals surface area contributed by atoms with Crippen LogP contribution >= 0.6 is 0 Å². The van der Waals surface area contributed by atoms with Gasteiger partial charge in [-0.15, -0.1) is 0 Å². The van der Waals surface area contributed by atoms with Gasteiger partial charge in [0.25, 0.3) is 0 Å². The van der Waals surface area contributed by atoms with Crippen molar-refractivity contribution in [3.05, 3.63) is 0 Å². The molecule has 0 bridgehead atoms. The predicted molar refractivity (Wildman–Crippen MR) is 66.9 cm³/mol. The molecule has 0 aliphatic heterocycles. The molecule has 0 aromatic heterocycles. The van der Waals surface area contributed by atoms with E-state index in [1.807, 2.05) is 0 Å². The van der Waals surface area contributed by atoms with Gasteiger partial charge < -0.3 is 11.1 Å². The minimum atomic E-state index is 0.449. The van der Waals surface area contributed by atoms with Crippen molar-refractivity contribution in [1.82, 2.24) is 5.32 Å². The van der Waals surface area contributed by atoms with E-state index in [0.29, 0.717) is 11.5 Å². The average Bonchev–Trinajstić information content (AvgIpc) is 2.21. The summed E-state index contributed by atoms with van der Waals surface area (Å²) in [5, 5.41) is 3.62. The van der Waals surface area contributed by atoms with Crippen LogP contribution in [0.2, 0.25) is 0 Å². The van der Waals surface area contributed by atoms with Crippen LogP contribution in [0, 0.1) is 11.3 Å². The van der Waals surface area contributed by atoms with Crippen molar-refractivity contribution >= 4 is 0 Å². The molecule has 0 unspecified atom stereocenters. The van der Waals surface area contributed by atoms with E-state index in [4.69, 9.17) is 5.73 Å². The highest BCUT2D eigenvalue weighted by atomic mass is 14.9. The molecule has 2 nitrogen and oxygen atoms in total. The molecular formula is C13H28N2. The van der Waals surface area contributed by atoms with Crippen LogP contribution in [0.15, 0.2) is 0 Å². The molecular weight excluding hydrogens is 184 g/mol. The fourth-order valence-electron chi connectivity index (χ4n) is 2.13. The maximum Gasteiger partial charge on any atom is 0.00390 e. The third-order valence-corrected chi connectivity index (χ3v) is 3.89. The van der Waals surface area contributed by atoms with E-state index < -0.39 is 0 Å². The second-order valence-electron chi connectivity index (χ2n) is 5.93. The maximum absolute atomic E-state index is 5.90. The van der Waals surface area contributed by atoms with E-state index in [9.17, 15) is 0 Å². The van der Waals surface area contributed by atoms with Crippen LogP contribution in [0.1, 0.15) is 52.9 Å². The summed E-state index contributed by atoms with van der Waals surface area (Å²) in [4.78, 5) is 0. The lowest BCUT2D eigenvalue weighted by Gasteiger charge is -2.28. The molecule has 3 N–H and O–H groups in total. The van der Waals surface area contributed by atoms with Gasteiger partial charge >= 0.3 is 0 Å². The van der Waals surface area contributed by atoms with Gasteiger partial charge in [0.2, 0.25) is 0 Å². The van der Waals surface area contributed by atoms with Crippen molar-refractivity contribution in [3.8, 4) is 0 Å². The Bertz CT molecular complexity index is 169. The quantitative estimate of drug-likeness (QED) is 0.735. The average molecular weight is 212 g/mol. The number of rotatable bonds is 5. The molecule has 0 radical (unpaired) electrons. The molecule has 1 rings (SSSR count). The van der Waals surface area contributed by atoms with Gasteiger partial charge in [0.1, 0.15) is 0 Å². The van der Waals surface area contributed by atoms with Crippen LogP contribution in [0.5, 0.6) is 0 Å². The maximum atomic E-state index is 5.90. The summed E-state index contributed by atoms with van der Waals surface area (Å²) in [6.45, 7) is 9.26. The predicted octanol–water partition coefficient (Wildman–Crippen LogP) is 2.53. The number of hydrogen-bond acceptors (Lipinski definition) is 2. The zero-order chi connectivity index (χ0) is 11.3. The highest BCUT2D eigenvalue weighted by Gasteiger charge is 2.19.